The number of carbonyl (C=O) groups excluding carboxylic acids is 1. The number of allylic oxidation sites excluding steroid dienone is 1. The van der Waals surface area contributed by atoms with Crippen molar-refractivity contribution in [3.63, 3.8) is 0 Å². The quantitative estimate of drug-likeness (QED) is 0.654. The number of ether oxygens (including phenoxy) is 1. The van der Waals surface area contributed by atoms with Crippen molar-refractivity contribution in [1.82, 2.24) is 0 Å². The van der Waals surface area contributed by atoms with Crippen LogP contribution in [-0.4, -0.2) is 12.9 Å². The van der Waals surface area contributed by atoms with Crippen LogP contribution < -0.4 is 10.1 Å². The van der Waals surface area contributed by atoms with Crippen molar-refractivity contribution in [2.24, 2.45) is 0 Å². The first kappa shape index (κ1) is 12.9. The summed E-state index contributed by atoms with van der Waals surface area (Å²) in [5, 5.41) is 3.04. The zero-order chi connectivity index (χ0) is 13.5. The molecule has 0 unspecified atom stereocenters. The first-order valence-corrected chi connectivity index (χ1v) is 5.96. The molecule has 0 fully saturated rings. The van der Waals surface area contributed by atoms with E-state index >= 15 is 0 Å². The molecule has 2 rings (SSSR count). The number of anilines is 1. The molecule has 0 aliphatic carbocycles. The molecule has 0 spiro atoms. The summed E-state index contributed by atoms with van der Waals surface area (Å²) in [5.74, 6) is 0.740. The molecule has 0 aliphatic heterocycles. The summed E-state index contributed by atoms with van der Waals surface area (Å²) >= 11 is 0. The lowest BCUT2D eigenvalue weighted by molar-refractivity contribution is 0.104. The zero-order valence-corrected chi connectivity index (χ0v) is 10.7. The molecule has 0 radical (unpaired) electrons. The Labute approximate surface area is 112 Å². The number of nitrogens with one attached hydrogen (secondary N) is 1. The summed E-state index contributed by atoms with van der Waals surface area (Å²) in [6.45, 7) is 0. The molecule has 96 valence electrons. The maximum absolute atomic E-state index is 11.8. The highest BCUT2D eigenvalue weighted by Crippen LogP contribution is 2.16. The van der Waals surface area contributed by atoms with Crippen LogP contribution in [0.5, 0.6) is 5.75 Å². The fourth-order valence-electron chi connectivity index (χ4n) is 1.63. The van der Waals surface area contributed by atoms with Crippen molar-refractivity contribution in [2.75, 3.05) is 12.4 Å². The van der Waals surface area contributed by atoms with Crippen molar-refractivity contribution >= 4 is 11.5 Å². The monoisotopic (exact) mass is 253 g/mol. The average Bonchev–Trinajstić information content (AvgIpc) is 2.48. The minimum atomic E-state index is -0.0315. The highest BCUT2D eigenvalue weighted by Gasteiger charge is 1.99. The van der Waals surface area contributed by atoms with Gasteiger partial charge in [0.15, 0.2) is 5.78 Å². The van der Waals surface area contributed by atoms with Crippen LogP contribution in [0.15, 0.2) is 66.9 Å². The number of hydrogen-bond donors (Lipinski definition) is 1. The van der Waals surface area contributed by atoms with E-state index < -0.39 is 0 Å². The molecule has 2 aromatic carbocycles. The summed E-state index contributed by atoms with van der Waals surface area (Å²) in [6.07, 6.45) is 3.14. The lowest BCUT2D eigenvalue weighted by Crippen LogP contribution is -1.95. The van der Waals surface area contributed by atoms with Gasteiger partial charge in [-0.15, -0.1) is 0 Å². The van der Waals surface area contributed by atoms with Crippen molar-refractivity contribution < 1.29 is 9.53 Å². The van der Waals surface area contributed by atoms with Crippen LogP contribution in [0.4, 0.5) is 5.69 Å². The zero-order valence-electron chi connectivity index (χ0n) is 10.7. The van der Waals surface area contributed by atoms with Gasteiger partial charge in [-0.2, -0.15) is 0 Å². The van der Waals surface area contributed by atoms with Gasteiger partial charge in [0.25, 0.3) is 0 Å². The molecule has 0 aromatic heterocycles. The third-order valence-electron chi connectivity index (χ3n) is 2.61. The van der Waals surface area contributed by atoms with Gasteiger partial charge < -0.3 is 10.1 Å². The Balaban J connectivity index is 1.98. The summed E-state index contributed by atoms with van der Waals surface area (Å²) in [6, 6.07) is 16.7. The Bertz CT molecular complexity index is 576. The van der Waals surface area contributed by atoms with Crippen LogP contribution in [0, 0.1) is 0 Å². The van der Waals surface area contributed by atoms with Crippen LogP contribution in [-0.2, 0) is 0 Å². The smallest absolute Gasteiger partial charge is 0.187 e. The molecule has 0 saturated carbocycles. The van der Waals surface area contributed by atoms with E-state index in [9.17, 15) is 4.79 Å². The Morgan fingerprint density at radius 3 is 2.63 bits per heavy atom. The minimum absolute atomic E-state index is 0.0315. The number of rotatable bonds is 5. The van der Waals surface area contributed by atoms with Crippen molar-refractivity contribution in [3.05, 3.63) is 72.4 Å². The second kappa shape index (κ2) is 6.40. The minimum Gasteiger partial charge on any atom is -0.497 e. The molecular weight excluding hydrogens is 238 g/mol. The van der Waals surface area contributed by atoms with Crippen LogP contribution in [0.3, 0.4) is 0 Å². The fourth-order valence-corrected chi connectivity index (χ4v) is 1.63. The maximum atomic E-state index is 11.8. The largest absolute Gasteiger partial charge is 0.497 e. The Hall–Kier alpha value is -2.55. The maximum Gasteiger partial charge on any atom is 0.187 e. The molecule has 3 heteroatoms. The number of carbonyl (C=O) groups is 1. The predicted octanol–water partition coefficient (Wildman–Crippen LogP) is 3.50. The Morgan fingerprint density at radius 2 is 1.89 bits per heavy atom. The summed E-state index contributed by atoms with van der Waals surface area (Å²) in [4.78, 5) is 11.8. The summed E-state index contributed by atoms with van der Waals surface area (Å²) in [7, 11) is 1.62. The number of benzene rings is 2. The summed E-state index contributed by atoms with van der Waals surface area (Å²) < 4.78 is 5.12. The van der Waals surface area contributed by atoms with Crippen LogP contribution in [0.25, 0.3) is 0 Å². The van der Waals surface area contributed by atoms with E-state index in [0.29, 0.717) is 5.56 Å². The number of methoxy groups -OCH3 is 1. The molecule has 3 nitrogen and oxygen atoms in total. The molecular formula is C16H15NO2. The summed E-state index contributed by atoms with van der Waals surface area (Å²) in [5.41, 5.74) is 1.54. The normalized spacial score (nSPS) is 10.4. The van der Waals surface area contributed by atoms with E-state index in [1.165, 1.54) is 6.08 Å². The molecule has 19 heavy (non-hydrogen) atoms. The van der Waals surface area contributed by atoms with E-state index in [2.05, 4.69) is 5.32 Å². The molecule has 0 atom stereocenters. The highest BCUT2D eigenvalue weighted by atomic mass is 16.5. The molecule has 0 aliphatic rings. The molecule has 2 aromatic rings. The highest BCUT2D eigenvalue weighted by molar-refractivity contribution is 6.04. The second-order valence-electron chi connectivity index (χ2n) is 3.94. The van der Waals surface area contributed by atoms with Crippen molar-refractivity contribution in [2.45, 2.75) is 0 Å². The van der Waals surface area contributed by atoms with Gasteiger partial charge in [-0.05, 0) is 12.1 Å². The van der Waals surface area contributed by atoms with Crippen LogP contribution >= 0.6 is 0 Å². The fraction of sp³-hybridized carbons (Fsp3) is 0.0625. The van der Waals surface area contributed by atoms with Gasteiger partial charge in [-0.1, -0.05) is 36.4 Å². The third-order valence-corrected chi connectivity index (χ3v) is 2.61. The molecule has 0 bridgehead atoms. The average molecular weight is 253 g/mol. The predicted molar refractivity (Wildman–Crippen MR) is 76.5 cm³/mol. The van der Waals surface area contributed by atoms with Gasteiger partial charge in [0.05, 0.1) is 7.11 Å². The van der Waals surface area contributed by atoms with Gasteiger partial charge in [0.1, 0.15) is 5.75 Å². The van der Waals surface area contributed by atoms with Gasteiger partial charge >= 0.3 is 0 Å². The molecule has 1 N–H and O–H groups in total. The number of hydrogen-bond acceptors (Lipinski definition) is 3. The Morgan fingerprint density at radius 1 is 1.11 bits per heavy atom. The van der Waals surface area contributed by atoms with E-state index in [1.54, 1.807) is 25.4 Å². The molecule has 0 heterocycles. The van der Waals surface area contributed by atoms with Gasteiger partial charge in [-0.3, -0.25) is 4.79 Å². The SMILES string of the molecule is COc1cccc(NC=CC(=O)c2ccccc2)c1. The third kappa shape index (κ3) is 3.71. The van der Waals surface area contributed by atoms with Gasteiger partial charge in [0, 0.05) is 29.6 Å². The topological polar surface area (TPSA) is 38.3 Å². The van der Waals surface area contributed by atoms with E-state index in [4.69, 9.17) is 4.74 Å². The standard InChI is InChI=1S/C16H15NO2/c1-19-15-9-5-8-14(12-15)17-11-10-16(18)13-6-3-2-4-7-13/h2-12,17H,1H3. The van der Waals surface area contributed by atoms with Gasteiger partial charge in [0.2, 0.25) is 0 Å². The lowest BCUT2D eigenvalue weighted by Gasteiger charge is -2.03. The first-order valence-electron chi connectivity index (χ1n) is 5.96. The first-order chi connectivity index (χ1) is 9.29. The van der Waals surface area contributed by atoms with Crippen molar-refractivity contribution in [3.8, 4) is 5.75 Å². The van der Waals surface area contributed by atoms with Crippen LogP contribution in [0.1, 0.15) is 10.4 Å². The Kier molecular flexibility index (Phi) is 4.34. The second-order valence-corrected chi connectivity index (χ2v) is 3.94. The van der Waals surface area contributed by atoms with Gasteiger partial charge in [-0.25, -0.2) is 0 Å². The number of ketones is 1. The van der Waals surface area contributed by atoms with E-state index in [1.807, 2.05) is 42.5 Å². The molecule has 0 amide bonds. The molecule has 0 saturated heterocycles. The van der Waals surface area contributed by atoms with E-state index in [-0.39, 0.29) is 5.78 Å². The van der Waals surface area contributed by atoms with Crippen LogP contribution in [0.2, 0.25) is 0 Å². The van der Waals surface area contributed by atoms with Crippen molar-refractivity contribution in [1.29, 1.82) is 0 Å². The lowest BCUT2D eigenvalue weighted by atomic mass is 10.1. The van der Waals surface area contributed by atoms with E-state index in [0.717, 1.165) is 11.4 Å².